The number of hydrogen-bond acceptors (Lipinski definition) is 2. The number of aromatic nitrogens is 1. The minimum atomic E-state index is -0.303. The van der Waals surface area contributed by atoms with Gasteiger partial charge in [0.2, 0.25) is 5.91 Å². The number of carbonyl (C=O) groups is 1. The van der Waals surface area contributed by atoms with Crippen LogP contribution < -0.4 is 5.32 Å². The lowest BCUT2D eigenvalue weighted by atomic mass is 9.94. The van der Waals surface area contributed by atoms with Crippen molar-refractivity contribution in [2.75, 3.05) is 13.2 Å². The van der Waals surface area contributed by atoms with Crippen molar-refractivity contribution in [2.24, 2.45) is 11.8 Å². The number of rotatable bonds is 8. The zero-order valence-corrected chi connectivity index (χ0v) is 14.7. The normalized spacial score (nSPS) is 12.8. The van der Waals surface area contributed by atoms with Gasteiger partial charge in [-0.15, -0.1) is 0 Å². The molecule has 3 N–H and O–H groups in total. The van der Waals surface area contributed by atoms with Crippen LogP contribution in [0.25, 0.3) is 10.9 Å². The van der Waals surface area contributed by atoms with E-state index >= 15 is 0 Å². The molecule has 1 atom stereocenters. The number of aryl methyl sites for hydroxylation is 1. The summed E-state index contributed by atoms with van der Waals surface area (Å²) in [5, 5.41) is 12.9. The van der Waals surface area contributed by atoms with Crippen LogP contribution in [0.4, 0.5) is 4.39 Å². The maximum atomic E-state index is 13.5. The van der Waals surface area contributed by atoms with Crippen molar-refractivity contribution in [2.45, 2.75) is 40.0 Å². The number of nitrogens with one attached hydrogen (secondary N) is 2. The van der Waals surface area contributed by atoms with Gasteiger partial charge in [-0.2, -0.15) is 0 Å². The molecule has 4 nitrogen and oxygen atoms in total. The van der Waals surface area contributed by atoms with Gasteiger partial charge in [0.1, 0.15) is 5.82 Å². The van der Waals surface area contributed by atoms with E-state index in [1.54, 1.807) is 6.07 Å². The van der Waals surface area contributed by atoms with E-state index in [4.69, 9.17) is 5.11 Å². The fourth-order valence-electron chi connectivity index (χ4n) is 3.22. The lowest BCUT2D eigenvalue weighted by Crippen LogP contribution is -2.31. The summed E-state index contributed by atoms with van der Waals surface area (Å²) in [4.78, 5) is 15.5. The Hall–Kier alpha value is -1.88. The number of carbonyl (C=O) groups excluding carboxylic acids is 1. The number of benzene rings is 1. The topological polar surface area (TPSA) is 65.1 Å². The molecular weight excluding hydrogens is 307 g/mol. The molecule has 1 aromatic heterocycles. The van der Waals surface area contributed by atoms with Crippen molar-refractivity contribution >= 4 is 16.8 Å². The standard InChI is InChI=1S/C19H27FN2O2/c1-12(2)8-14(6-7-23)11-21-19(24)10-16-13(3)22-18-5-4-15(20)9-17(16)18/h4-5,9,12,14,22-23H,6-8,10-11H2,1-3H3,(H,21,24). The minimum Gasteiger partial charge on any atom is -0.396 e. The highest BCUT2D eigenvalue weighted by atomic mass is 19.1. The molecule has 0 saturated carbocycles. The van der Waals surface area contributed by atoms with Crippen LogP contribution in [0.1, 0.15) is 37.9 Å². The Kier molecular flexibility index (Phi) is 6.37. The summed E-state index contributed by atoms with van der Waals surface area (Å²) in [6.45, 7) is 6.86. The van der Waals surface area contributed by atoms with Crippen molar-refractivity contribution in [1.29, 1.82) is 0 Å². The van der Waals surface area contributed by atoms with Crippen LogP contribution >= 0.6 is 0 Å². The fraction of sp³-hybridized carbons (Fsp3) is 0.526. The van der Waals surface area contributed by atoms with Crippen molar-refractivity contribution in [3.63, 3.8) is 0 Å². The SMILES string of the molecule is Cc1[nH]c2ccc(F)cc2c1CC(=O)NCC(CCO)CC(C)C. The van der Waals surface area contributed by atoms with E-state index in [0.717, 1.165) is 28.6 Å². The molecule has 0 spiro atoms. The lowest BCUT2D eigenvalue weighted by Gasteiger charge is -2.18. The molecule has 0 bridgehead atoms. The number of H-pyrrole nitrogens is 1. The Bertz CT molecular complexity index is 694. The van der Waals surface area contributed by atoms with Crippen molar-refractivity contribution in [1.82, 2.24) is 10.3 Å². The van der Waals surface area contributed by atoms with Gasteiger partial charge >= 0.3 is 0 Å². The van der Waals surface area contributed by atoms with Gasteiger partial charge in [0, 0.05) is 29.7 Å². The molecule has 1 unspecified atom stereocenters. The molecule has 132 valence electrons. The summed E-state index contributed by atoms with van der Waals surface area (Å²) in [5.74, 6) is 0.427. The zero-order valence-electron chi connectivity index (χ0n) is 14.7. The Labute approximate surface area is 142 Å². The molecule has 1 aromatic carbocycles. The molecule has 0 saturated heterocycles. The molecule has 0 aliphatic heterocycles. The molecule has 0 radical (unpaired) electrons. The van der Waals surface area contributed by atoms with E-state index in [9.17, 15) is 9.18 Å². The second-order valence-electron chi connectivity index (χ2n) is 6.91. The van der Waals surface area contributed by atoms with Crippen LogP contribution in [0, 0.1) is 24.6 Å². The number of amides is 1. The van der Waals surface area contributed by atoms with Crippen molar-refractivity contribution < 1.29 is 14.3 Å². The monoisotopic (exact) mass is 334 g/mol. The molecule has 0 aliphatic carbocycles. The first-order valence-corrected chi connectivity index (χ1v) is 8.55. The van der Waals surface area contributed by atoms with Crippen LogP contribution in [0.2, 0.25) is 0 Å². The van der Waals surface area contributed by atoms with Crippen LogP contribution in [0.3, 0.4) is 0 Å². The predicted octanol–water partition coefficient (Wildman–Crippen LogP) is 3.32. The number of aromatic amines is 1. The summed E-state index contributed by atoms with van der Waals surface area (Å²) in [6, 6.07) is 4.57. The number of aliphatic hydroxyl groups excluding tert-OH is 1. The number of halogens is 1. The third kappa shape index (κ3) is 4.81. The molecule has 2 rings (SSSR count). The van der Waals surface area contributed by atoms with E-state index < -0.39 is 0 Å². The van der Waals surface area contributed by atoms with Crippen LogP contribution in [0.5, 0.6) is 0 Å². The second kappa shape index (κ2) is 8.29. The van der Waals surface area contributed by atoms with Gasteiger partial charge in [-0.25, -0.2) is 4.39 Å². The van der Waals surface area contributed by atoms with Crippen molar-refractivity contribution in [3.05, 3.63) is 35.3 Å². The Morgan fingerprint density at radius 2 is 2.12 bits per heavy atom. The average molecular weight is 334 g/mol. The number of hydrogen-bond donors (Lipinski definition) is 3. The summed E-state index contributed by atoms with van der Waals surface area (Å²) < 4.78 is 13.5. The predicted molar refractivity (Wildman–Crippen MR) is 94.4 cm³/mol. The maximum absolute atomic E-state index is 13.5. The lowest BCUT2D eigenvalue weighted by molar-refractivity contribution is -0.120. The van der Waals surface area contributed by atoms with Gasteiger partial charge in [-0.05, 0) is 55.4 Å². The maximum Gasteiger partial charge on any atom is 0.224 e. The van der Waals surface area contributed by atoms with Crippen molar-refractivity contribution in [3.8, 4) is 0 Å². The highest BCUT2D eigenvalue weighted by molar-refractivity contribution is 5.90. The summed E-state index contributed by atoms with van der Waals surface area (Å²) in [7, 11) is 0. The van der Waals surface area contributed by atoms with E-state index in [0.29, 0.717) is 18.9 Å². The highest BCUT2D eigenvalue weighted by Gasteiger charge is 2.15. The van der Waals surface area contributed by atoms with Crippen LogP contribution in [0.15, 0.2) is 18.2 Å². The van der Waals surface area contributed by atoms with Gasteiger partial charge in [0.15, 0.2) is 0 Å². The smallest absolute Gasteiger partial charge is 0.224 e. The third-order valence-electron chi connectivity index (χ3n) is 4.35. The van der Waals surface area contributed by atoms with Gasteiger partial charge in [-0.3, -0.25) is 4.79 Å². The third-order valence-corrected chi connectivity index (χ3v) is 4.35. The van der Waals surface area contributed by atoms with Crippen LogP contribution in [-0.2, 0) is 11.2 Å². The van der Waals surface area contributed by atoms with E-state index in [1.807, 2.05) is 6.92 Å². The zero-order chi connectivity index (χ0) is 17.7. The molecule has 0 fully saturated rings. The largest absolute Gasteiger partial charge is 0.396 e. The first kappa shape index (κ1) is 18.5. The van der Waals surface area contributed by atoms with Gasteiger partial charge in [0.05, 0.1) is 6.42 Å². The minimum absolute atomic E-state index is 0.0741. The summed E-state index contributed by atoms with van der Waals surface area (Å²) in [6.07, 6.45) is 1.89. The first-order chi connectivity index (χ1) is 11.4. The van der Waals surface area contributed by atoms with Gasteiger partial charge in [0.25, 0.3) is 0 Å². The molecule has 2 aromatic rings. The molecule has 0 aliphatic rings. The summed E-state index contributed by atoms with van der Waals surface area (Å²) in [5.41, 5.74) is 2.57. The average Bonchev–Trinajstić information content (AvgIpc) is 2.80. The molecular formula is C19H27FN2O2. The fourth-order valence-corrected chi connectivity index (χ4v) is 3.22. The summed E-state index contributed by atoms with van der Waals surface area (Å²) >= 11 is 0. The Morgan fingerprint density at radius 1 is 1.38 bits per heavy atom. The van der Waals surface area contributed by atoms with Gasteiger partial charge < -0.3 is 15.4 Å². The van der Waals surface area contributed by atoms with E-state index in [2.05, 4.69) is 24.1 Å². The van der Waals surface area contributed by atoms with E-state index in [1.165, 1.54) is 12.1 Å². The first-order valence-electron chi connectivity index (χ1n) is 8.55. The van der Waals surface area contributed by atoms with Crippen LogP contribution in [-0.4, -0.2) is 29.1 Å². The quantitative estimate of drug-likeness (QED) is 0.693. The number of fused-ring (bicyclic) bond motifs is 1. The Morgan fingerprint density at radius 3 is 2.79 bits per heavy atom. The number of aliphatic hydroxyl groups is 1. The molecule has 1 heterocycles. The second-order valence-corrected chi connectivity index (χ2v) is 6.91. The molecule has 24 heavy (non-hydrogen) atoms. The van der Waals surface area contributed by atoms with E-state index in [-0.39, 0.29) is 30.7 Å². The Balaban J connectivity index is 2.02. The molecule has 5 heteroatoms. The van der Waals surface area contributed by atoms with Gasteiger partial charge in [-0.1, -0.05) is 13.8 Å². The molecule has 1 amide bonds. The highest BCUT2D eigenvalue weighted by Crippen LogP contribution is 2.23.